The van der Waals surface area contributed by atoms with E-state index in [0.29, 0.717) is 17.3 Å². The highest BCUT2D eigenvalue weighted by Gasteiger charge is 2.43. The molecule has 2 aromatic rings. The Bertz CT molecular complexity index is 705. The minimum atomic E-state index is -4.37. The van der Waals surface area contributed by atoms with E-state index >= 15 is 0 Å². The molecular formula is C15H14ClF3N2O. The lowest BCUT2D eigenvalue weighted by Gasteiger charge is -2.35. The summed E-state index contributed by atoms with van der Waals surface area (Å²) in [7, 11) is 0. The second-order valence-corrected chi connectivity index (χ2v) is 5.73. The zero-order valence-corrected chi connectivity index (χ0v) is 12.6. The molecule has 7 heteroatoms. The highest BCUT2D eigenvalue weighted by Crippen LogP contribution is 2.33. The van der Waals surface area contributed by atoms with Crippen molar-refractivity contribution in [3.63, 3.8) is 0 Å². The molecular weight excluding hydrogens is 317 g/mol. The number of aryl methyl sites for hydroxylation is 1. The standard InChI is InChI=1S/C15H14ClF3N2O/c1-9-6-10(16)7-11-12(2-3-20-14(9)11)21-4-5-22-13(8-21)15(17,18)19/h2-3,6-7,13H,4-5,8H2,1H3. The van der Waals surface area contributed by atoms with Crippen molar-refractivity contribution in [3.8, 4) is 0 Å². The summed E-state index contributed by atoms with van der Waals surface area (Å²) in [5, 5.41) is 1.30. The Morgan fingerprint density at radius 2 is 2.14 bits per heavy atom. The minimum Gasteiger partial charge on any atom is -0.366 e. The first-order chi connectivity index (χ1) is 10.4. The summed E-state index contributed by atoms with van der Waals surface area (Å²) in [6.07, 6.45) is -4.53. The second-order valence-electron chi connectivity index (χ2n) is 5.30. The van der Waals surface area contributed by atoms with E-state index in [1.165, 1.54) is 0 Å². The number of pyridine rings is 1. The van der Waals surface area contributed by atoms with Crippen molar-refractivity contribution < 1.29 is 17.9 Å². The number of halogens is 4. The number of hydrogen-bond donors (Lipinski definition) is 0. The maximum Gasteiger partial charge on any atom is 0.416 e. The highest BCUT2D eigenvalue weighted by molar-refractivity contribution is 6.31. The van der Waals surface area contributed by atoms with E-state index < -0.39 is 12.3 Å². The predicted molar refractivity (Wildman–Crippen MR) is 79.5 cm³/mol. The summed E-state index contributed by atoms with van der Waals surface area (Å²) in [5.74, 6) is 0. The van der Waals surface area contributed by atoms with Crippen LogP contribution >= 0.6 is 11.6 Å². The first-order valence-electron chi connectivity index (χ1n) is 6.84. The number of ether oxygens (including phenoxy) is 1. The van der Waals surface area contributed by atoms with Crippen LogP contribution in [-0.2, 0) is 4.74 Å². The van der Waals surface area contributed by atoms with Crippen molar-refractivity contribution >= 4 is 28.2 Å². The van der Waals surface area contributed by atoms with Crippen molar-refractivity contribution in [2.24, 2.45) is 0 Å². The number of aromatic nitrogens is 1. The van der Waals surface area contributed by atoms with Gasteiger partial charge in [-0.25, -0.2) is 0 Å². The van der Waals surface area contributed by atoms with Crippen molar-refractivity contribution in [1.82, 2.24) is 4.98 Å². The van der Waals surface area contributed by atoms with Crippen molar-refractivity contribution in [2.45, 2.75) is 19.2 Å². The van der Waals surface area contributed by atoms with Gasteiger partial charge in [-0.2, -0.15) is 13.2 Å². The van der Waals surface area contributed by atoms with Crippen LogP contribution in [0, 0.1) is 6.92 Å². The number of alkyl halides is 3. The average Bonchev–Trinajstić information content (AvgIpc) is 2.46. The smallest absolute Gasteiger partial charge is 0.366 e. The largest absolute Gasteiger partial charge is 0.416 e. The van der Waals surface area contributed by atoms with Crippen LogP contribution in [0.5, 0.6) is 0 Å². The van der Waals surface area contributed by atoms with Crippen molar-refractivity contribution in [2.75, 3.05) is 24.6 Å². The number of benzene rings is 1. The molecule has 0 saturated carbocycles. The molecule has 0 spiro atoms. The van der Waals surface area contributed by atoms with Crippen LogP contribution < -0.4 is 4.90 Å². The maximum atomic E-state index is 12.9. The fourth-order valence-electron chi connectivity index (χ4n) is 2.72. The topological polar surface area (TPSA) is 25.4 Å². The van der Waals surface area contributed by atoms with Gasteiger partial charge >= 0.3 is 6.18 Å². The normalized spacial score (nSPS) is 19.7. The van der Waals surface area contributed by atoms with Crippen LogP contribution in [0.3, 0.4) is 0 Å². The lowest BCUT2D eigenvalue weighted by molar-refractivity contribution is -0.221. The molecule has 22 heavy (non-hydrogen) atoms. The van der Waals surface area contributed by atoms with E-state index in [4.69, 9.17) is 16.3 Å². The van der Waals surface area contributed by atoms with E-state index in [1.54, 1.807) is 29.3 Å². The molecule has 1 fully saturated rings. The van der Waals surface area contributed by atoms with Gasteiger partial charge in [0, 0.05) is 28.8 Å². The van der Waals surface area contributed by atoms with E-state index in [0.717, 1.165) is 16.5 Å². The number of anilines is 1. The summed E-state index contributed by atoms with van der Waals surface area (Å²) in [6, 6.07) is 5.25. The predicted octanol–water partition coefficient (Wildman–Crippen LogP) is 3.96. The van der Waals surface area contributed by atoms with Crippen LogP contribution in [0.2, 0.25) is 5.02 Å². The Morgan fingerprint density at radius 3 is 2.86 bits per heavy atom. The van der Waals surface area contributed by atoms with Gasteiger partial charge in [-0.1, -0.05) is 11.6 Å². The molecule has 0 radical (unpaired) electrons. The van der Waals surface area contributed by atoms with Gasteiger partial charge in [-0.05, 0) is 30.7 Å². The molecule has 0 amide bonds. The van der Waals surface area contributed by atoms with Gasteiger partial charge in [0.25, 0.3) is 0 Å². The molecule has 0 bridgehead atoms. The van der Waals surface area contributed by atoms with Crippen molar-refractivity contribution in [1.29, 1.82) is 0 Å². The summed E-state index contributed by atoms with van der Waals surface area (Å²) in [6.45, 7) is 2.09. The summed E-state index contributed by atoms with van der Waals surface area (Å²) in [4.78, 5) is 5.99. The fraction of sp³-hybridized carbons (Fsp3) is 0.400. The molecule has 1 aromatic heterocycles. The van der Waals surface area contributed by atoms with Gasteiger partial charge in [-0.3, -0.25) is 4.98 Å². The third-order valence-corrected chi connectivity index (χ3v) is 3.97. The van der Waals surface area contributed by atoms with Crippen LogP contribution in [0.1, 0.15) is 5.56 Å². The molecule has 3 rings (SSSR count). The van der Waals surface area contributed by atoms with E-state index in [-0.39, 0.29) is 13.2 Å². The molecule has 0 aliphatic carbocycles. The highest BCUT2D eigenvalue weighted by atomic mass is 35.5. The lowest BCUT2D eigenvalue weighted by atomic mass is 10.1. The average molecular weight is 331 g/mol. The van der Waals surface area contributed by atoms with Crippen molar-refractivity contribution in [3.05, 3.63) is 35.0 Å². The van der Waals surface area contributed by atoms with Gasteiger partial charge in [0.05, 0.1) is 18.7 Å². The van der Waals surface area contributed by atoms with E-state index in [9.17, 15) is 13.2 Å². The molecule has 1 aromatic carbocycles. The fourth-order valence-corrected chi connectivity index (χ4v) is 2.99. The van der Waals surface area contributed by atoms with Gasteiger partial charge < -0.3 is 9.64 Å². The van der Waals surface area contributed by atoms with Crippen LogP contribution in [0.15, 0.2) is 24.4 Å². The van der Waals surface area contributed by atoms with Crippen LogP contribution in [-0.4, -0.2) is 37.0 Å². The van der Waals surface area contributed by atoms with Gasteiger partial charge in [-0.15, -0.1) is 0 Å². The molecule has 1 saturated heterocycles. The molecule has 1 unspecified atom stereocenters. The van der Waals surface area contributed by atoms with Gasteiger partial charge in [0.1, 0.15) is 0 Å². The Hall–Kier alpha value is -1.53. The Labute approximate surface area is 130 Å². The third kappa shape index (κ3) is 2.85. The second kappa shape index (κ2) is 5.59. The molecule has 1 aliphatic rings. The van der Waals surface area contributed by atoms with E-state index in [1.807, 2.05) is 6.92 Å². The SMILES string of the molecule is Cc1cc(Cl)cc2c(N3CCOC(C(F)(F)F)C3)ccnc12. The van der Waals surface area contributed by atoms with E-state index in [2.05, 4.69) is 4.98 Å². The number of hydrogen-bond acceptors (Lipinski definition) is 3. The Balaban J connectivity index is 2.03. The first-order valence-corrected chi connectivity index (χ1v) is 7.22. The quantitative estimate of drug-likeness (QED) is 0.791. The molecule has 118 valence electrons. The molecule has 1 aliphatic heterocycles. The summed E-state index contributed by atoms with van der Waals surface area (Å²) in [5.41, 5.74) is 2.34. The monoisotopic (exact) mass is 330 g/mol. The lowest BCUT2D eigenvalue weighted by Crippen LogP contribution is -2.49. The maximum absolute atomic E-state index is 12.9. The van der Waals surface area contributed by atoms with Crippen LogP contribution in [0.4, 0.5) is 18.9 Å². The molecule has 2 heterocycles. The molecule has 3 nitrogen and oxygen atoms in total. The zero-order chi connectivity index (χ0) is 15.9. The zero-order valence-electron chi connectivity index (χ0n) is 11.8. The Kier molecular flexibility index (Phi) is 3.91. The first kappa shape index (κ1) is 15.4. The Morgan fingerprint density at radius 1 is 1.36 bits per heavy atom. The number of morpholine rings is 1. The molecule has 0 N–H and O–H groups in total. The number of fused-ring (bicyclic) bond motifs is 1. The van der Waals surface area contributed by atoms with Crippen LogP contribution in [0.25, 0.3) is 10.9 Å². The minimum absolute atomic E-state index is 0.0353. The molecule has 1 atom stereocenters. The number of nitrogens with zero attached hydrogens (tertiary/aromatic N) is 2. The number of rotatable bonds is 1. The van der Waals surface area contributed by atoms with Gasteiger partial charge in [0.2, 0.25) is 0 Å². The van der Waals surface area contributed by atoms with Gasteiger partial charge in [0.15, 0.2) is 6.10 Å². The summed E-state index contributed by atoms with van der Waals surface area (Å²) >= 11 is 6.09. The summed E-state index contributed by atoms with van der Waals surface area (Å²) < 4.78 is 43.5. The third-order valence-electron chi connectivity index (χ3n) is 3.75.